The van der Waals surface area contributed by atoms with Crippen LogP contribution >= 0.6 is 0 Å². The Morgan fingerprint density at radius 3 is 2.53 bits per heavy atom. The van der Waals surface area contributed by atoms with Crippen molar-refractivity contribution < 1.29 is 9.84 Å². The summed E-state index contributed by atoms with van der Waals surface area (Å²) in [4.78, 5) is 8.70. The average Bonchev–Trinajstić information content (AvgIpc) is 2.35. The normalized spacial score (nSPS) is 13.2. The molecule has 1 atom stereocenters. The lowest BCUT2D eigenvalue weighted by atomic mass is 9.99. The maximum absolute atomic E-state index is 9.73. The highest BCUT2D eigenvalue weighted by Gasteiger charge is 2.24. The number of nitrogens with one attached hydrogen (secondary N) is 2. The Bertz CT molecular complexity index is 408. The van der Waals surface area contributed by atoms with Crippen LogP contribution in [-0.2, 0) is 11.3 Å². The highest BCUT2D eigenvalue weighted by atomic mass is 16.5. The number of anilines is 2. The number of aliphatic hydroxyl groups excluding tert-OH is 1. The zero-order chi connectivity index (χ0) is 14.5. The molecule has 0 saturated heterocycles. The van der Waals surface area contributed by atoms with Crippen molar-refractivity contribution in [1.29, 1.82) is 0 Å². The standard InChI is InChI=1S/C13H24N4O2/c1-6-19-8-12-15-10(14-5)7-11(16-12)17-13(3,4)9(2)18/h7,9,18H,6,8H2,1-5H3,(H2,14,15,16,17). The highest BCUT2D eigenvalue weighted by molar-refractivity contribution is 5.48. The van der Waals surface area contributed by atoms with Crippen LogP contribution in [-0.4, -0.2) is 40.4 Å². The van der Waals surface area contributed by atoms with Gasteiger partial charge in [-0.3, -0.25) is 0 Å². The minimum Gasteiger partial charge on any atom is -0.391 e. The summed E-state index contributed by atoms with van der Waals surface area (Å²) in [6, 6.07) is 1.81. The van der Waals surface area contributed by atoms with Gasteiger partial charge in [0.15, 0.2) is 5.82 Å². The molecule has 6 nitrogen and oxygen atoms in total. The molecule has 0 aromatic carbocycles. The number of rotatable bonds is 7. The van der Waals surface area contributed by atoms with Gasteiger partial charge in [-0.15, -0.1) is 0 Å². The van der Waals surface area contributed by atoms with Gasteiger partial charge < -0.3 is 20.5 Å². The maximum atomic E-state index is 9.73. The van der Waals surface area contributed by atoms with Crippen LogP contribution in [0, 0.1) is 0 Å². The molecular formula is C13H24N4O2. The van der Waals surface area contributed by atoms with Crippen molar-refractivity contribution in [2.24, 2.45) is 0 Å². The van der Waals surface area contributed by atoms with Crippen LogP contribution in [0.25, 0.3) is 0 Å². The number of hydrogen-bond donors (Lipinski definition) is 3. The van der Waals surface area contributed by atoms with Crippen molar-refractivity contribution in [3.8, 4) is 0 Å². The molecule has 1 unspecified atom stereocenters. The molecule has 19 heavy (non-hydrogen) atoms. The monoisotopic (exact) mass is 268 g/mol. The second kappa shape index (κ2) is 6.68. The van der Waals surface area contributed by atoms with E-state index in [2.05, 4.69) is 20.6 Å². The first-order chi connectivity index (χ1) is 8.89. The molecule has 3 N–H and O–H groups in total. The molecule has 1 aromatic heterocycles. The second-order valence-corrected chi connectivity index (χ2v) is 4.96. The Labute approximate surface area is 114 Å². The SMILES string of the molecule is CCOCc1nc(NC)cc(NC(C)(C)C(C)O)n1. The first kappa shape index (κ1) is 15.7. The van der Waals surface area contributed by atoms with Crippen LogP contribution in [0.1, 0.15) is 33.5 Å². The van der Waals surface area contributed by atoms with E-state index in [4.69, 9.17) is 4.74 Å². The van der Waals surface area contributed by atoms with Gasteiger partial charge >= 0.3 is 0 Å². The zero-order valence-electron chi connectivity index (χ0n) is 12.3. The molecule has 0 aliphatic carbocycles. The first-order valence-electron chi connectivity index (χ1n) is 6.48. The van der Waals surface area contributed by atoms with Gasteiger partial charge in [-0.1, -0.05) is 0 Å². The molecule has 1 aromatic rings. The van der Waals surface area contributed by atoms with Crippen LogP contribution in [0.3, 0.4) is 0 Å². The molecule has 0 aliphatic heterocycles. The summed E-state index contributed by atoms with van der Waals surface area (Å²) in [6.45, 7) is 8.50. The molecule has 0 spiro atoms. The molecule has 0 fully saturated rings. The summed E-state index contributed by atoms with van der Waals surface area (Å²) in [5.41, 5.74) is -0.470. The number of ether oxygens (including phenoxy) is 1. The van der Waals surface area contributed by atoms with Crippen molar-refractivity contribution in [3.05, 3.63) is 11.9 Å². The maximum Gasteiger partial charge on any atom is 0.158 e. The van der Waals surface area contributed by atoms with Gasteiger partial charge in [-0.2, -0.15) is 0 Å². The van der Waals surface area contributed by atoms with E-state index in [-0.39, 0.29) is 0 Å². The third kappa shape index (κ3) is 4.65. The van der Waals surface area contributed by atoms with Crippen molar-refractivity contribution in [3.63, 3.8) is 0 Å². The Morgan fingerprint density at radius 1 is 1.37 bits per heavy atom. The van der Waals surface area contributed by atoms with E-state index in [1.165, 1.54) is 0 Å². The van der Waals surface area contributed by atoms with E-state index in [9.17, 15) is 5.11 Å². The van der Waals surface area contributed by atoms with Crippen molar-refractivity contribution in [2.45, 2.75) is 45.9 Å². The summed E-state index contributed by atoms with van der Waals surface area (Å²) in [7, 11) is 1.80. The molecule has 0 aliphatic rings. The summed E-state index contributed by atoms with van der Waals surface area (Å²) in [6.07, 6.45) is -0.504. The van der Waals surface area contributed by atoms with Gasteiger partial charge in [-0.25, -0.2) is 9.97 Å². The summed E-state index contributed by atoms with van der Waals surface area (Å²) < 4.78 is 5.32. The lowest BCUT2D eigenvalue weighted by Gasteiger charge is -2.30. The van der Waals surface area contributed by atoms with E-state index in [1.54, 1.807) is 20.0 Å². The fourth-order valence-electron chi connectivity index (χ4n) is 1.38. The smallest absolute Gasteiger partial charge is 0.158 e. The lowest BCUT2D eigenvalue weighted by Crippen LogP contribution is -2.42. The van der Waals surface area contributed by atoms with E-state index < -0.39 is 11.6 Å². The molecule has 0 saturated carbocycles. The molecule has 0 amide bonds. The van der Waals surface area contributed by atoms with Gasteiger partial charge in [0, 0.05) is 19.7 Å². The summed E-state index contributed by atoms with van der Waals surface area (Å²) >= 11 is 0. The Hall–Kier alpha value is -1.40. The summed E-state index contributed by atoms with van der Waals surface area (Å²) in [5, 5.41) is 15.9. The van der Waals surface area contributed by atoms with Gasteiger partial charge in [0.25, 0.3) is 0 Å². The molecule has 1 heterocycles. The topological polar surface area (TPSA) is 79.3 Å². The van der Waals surface area contributed by atoms with E-state index in [1.807, 2.05) is 20.8 Å². The predicted octanol–water partition coefficient (Wildman–Crippen LogP) is 1.63. The molecule has 0 bridgehead atoms. The largest absolute Gasteiger partial charge is 0.391 e. The minimum atomic E-state index is -0.504. The van der Waals surface area contributed by atoms with Crippen LogP contribution < -0.4 is 10.6 Å². The highest BCUT2D eigenvalue weighted by Crippen LogP contribution is 2.19. The quantitative estimate of drug-likeness (QED) is 0.697. The van der Waals surface area contributed by atoms with Crippen molar-refractivity contribution in [2.75, 3.05) is 24.3 Å². The summed E-state index contributed by atoms with van der Waals surface area (Å²) in [5.74, 6) is 1.99. The van der Waals surface area contributed by atoms with Crippen LogP contribution in [0.4, 0.5) is 11.6 Å². The van der Waals surface area contributed by atoms with Gasteiger partial charge in [0.2, 0.25) is 0 Å². The average molecular weight is 268 g/mol. The van der Waals surface area contributed by atoms with Crippen LogP contribution in [0.5, 0.6) is 0 Å². The number of aliphatic hydroxyl groups is 1. The Balaban J connectivity index is 2.93. The van der Waals surface area contributed by atoms with Crippen molar-refractivity contribution in [1.82, 2.24) is 9.97 Å². The Morgan fingerprint density at radius 2 is 2.00 bits per heavy atom. The first-order valence-corrected chi connectivity index (χ1v) is 6.48. The Kier molecular flexibility index (Phi) is 5.50. The third-order valence-corrected chi connectivity index (χ3v) is 2.96. The number of hydrogen-bond acceptors (Lipinski definition) is 6. The van der Waals surface area contributed by atoms with Gasteiger partial charge in [-0.05, 0) is 27.7 Å². The molecule has 1 rings (SSSR count). The predicted molar refractivity (Wildman–Crippen MR) is 76.3 cm³/mol. The molecule has 108 valence electrons. The second-order valence-electron chi connectivity index (χ2n) is 4.96. The van der Waals surface area contributed by atoms with Gasteiger partial charge in [0.1, 0.15) is 18.2 Å². The number of aromatic nitrogens is 2. The van der Waals surface area contributed by atoms with Crippen molar-refractivity contribution >= 4 is 11.6 Å². The van der Waals surface area contributed by atoms with E-state index in [0.717, 1.165) is 0 Å². The molecule has 6 heteroatoms. The lowest BCUT2D eigenvalue weighted by molar-refractivity contribution is 0.127. The van der Waals surface area contributed by atoms with E-state index in [0.29, 0.717) is 30.7 Å². The minimum absolute atomic E-state index is 0.371. The van der Waals surface area contributed by atoms with Gasteiger partial charge in [0.05, 0.1) is 11.6 Å². The zero-order valence-corrected chi connectivity index (χ0v) is 12.3. The molecular weight excluding hydrogens is 244 g/mol. The third-order valence-electron chi connectivity index (χ3n) is 2.96. The fraction of sp³-hybridized carbons (Fsp3) is 0.692. The number of nitrogens with zero attached hydrogens (tertiary/aromatic N) is 2. The molecule has 0 radical (unpaired) electrons. The fourth-order valence-corrected chi connectivity index (χ4v) is 1.38. The van der Waals surface area contributed by atoms with E-state index >= 15 is 0 Å². The van der Waals surface area contributed by atoms with Crippen LogP contribution in [0.15, 0.2) is 6.07 Å². The van der Waals surface area contributed by atoms with Crippen LogP contribution in [0.2, 0.25) is 0 Å².